The third-order valence-electron chi connectivity index (χ3n) is 4.51. The topological polar surface area (TPSA) is 68.0 Å². The zero-order valence-electron chi connectivity index (χ0n) is 15.9. The van der Waals surface area contributed by atoms with Crippen molar-refractivity contribution in [2.75, 3.05) is 6.54 Å². The molecule has 3 rings (SSSR count). The largest absolute Gasteiger partial charge is 0.416 e. The van der Waals surface area contributed by atoms with Crippen molar-refractivity contribution in [2.24, 2.45) is 0 Å². The van der Waals surface area contributed by atoms with Gasteiger partial charge in [0.2, 0.25) is 11.8 Å². The van der Waals surface area contributed by atoms with E-state index in [2.05, 4.69) is 22.4 Å². The van der Waals surface area contributed by atoms with Crippen molar-refractivity contribution >= 4 is 5.91 Å². The lowest BCUT2D eigenvalue weighted by Crippen LogP contribution is -2.24. The van der Waals surface area contributed by atoms with Crippen LogP contribution in [0.25, 0.3) is 22.9 Å². The number of nitrogens with zero attached hydrogens (tertiary/aromatic N) is 2. The Balaban J connectivity index is 1.64. The number of carbonyl (C=O) groups is 1. The zero-order chi connectivity index (χ0) is 19.1. The van der Waals surface area contributed by atoms with E-state index in [-0.39, 0.29) is 5.91 Å². The van der Waals surface area contributed by atoms with Crippen LogP contribution in [0.2, 0.25) is 0 Å². The standard InChI is InChI=1S/C22H25N3O2/c1-3-4-5-8-15-23-20(26)17-11-13-18(14-12-17)21-24-25-22(27-21)19-10-7-6-9-16(19)2/h6-7,9-14H,3-5,8,15H2,1-2H3,(H,23,26). The normalized spacial score (nSPS) is 10.7. The summed E-state index contributed by atoms with van der Waals surface area (Å²) in [4.78, 5) is 12.2. The summed E-state index contributed by atoms with van der Waals surface area (Å²) in [5, 5.41) is 11.2. The molecule has 0 saturated heterocycles. The molecule has 140 valence electrons. The number of hydrogen-bond acceptors (Lipinski definition) is 4. The van der Waals surface area contributed by atoms with Gasteiger partial charge in [-0.05, 0) is 49.2 Å². The summed E-state index contributed by atoms with van der Waals surface area (Å²) in [6.07, 6.45) is 4.56. The first-order chi connectivity index (χ1) is 13.2. The summed E-state index contributed by atoms with van der Waals surface area (Å²) in [5.74, 6) is 0.890. The highest BCUT2D eigenvalue weighted by Crippen LogP contribution is 2.26. The minimum absolute atomic E-state index is 0.0517. The van der Waals surface area contributed by atoms with Gasteiger partial charge in [0.05, 0.1) is 0 Å². The minimum atomic E-state index is -0.0517. The average molecular weight is 363 g/mol. The molecule has 1 N–H and O–H groups in total. The van der Waals surface area contributed by atoms with Gasteiger partial charge in [0, 0.05) is 23.2 Å². The molecule has 0 aliphatic carbocycles. The molecule has 1 aromatic heterocycles. The van der Waals surface area contributed by atoms with Crippen LogP contribution in [-0.2, 0) is 0 Å². The van der Waals surface area contributed by atoms with Crippen molar-refractivity contribution in [3.63, 3.8) is 0 Å². The lowest BCUT2D eigenvalue weighted by atomic mass is 10.1. The van der Waals surface area contributed by atoms with E-state index in [0.717, 1.165) is 29.5 Å². The van der Waals surface area contributed by atoms with Gasteiger partial charge in [-0.3, -0.25) is 4.79 Å². The molecule has 0 spiro atoms. The van der Waals surface area contributed by atoms with Crippen LogP contribution in [0.4, 0.5) is 0 Å². The maximum absolute atomic E-state index is 12.2. The molecule has 0 radical (unpaired) electrons. The maximum Gasteiger partial charge on any atom is 0.251 e. The first-order valence-corrected chi connectivity index (χ1v) is 9.47. The van der Waals surface area contributed by atoms with E-state index >= 15 is 0 Å². The molecular weight excluding hydrogens is 338 g/mol. The molecule has 0 bridgehead atoms. The van der Waals surface area contributed by atoms with Crippen molar-refractivity contribution in [1.29, 1.82) is 0 Å². The zero-order valence-corrected chi connectivity index (χ0v) is 15.9. The monoisotopic (exact) mass is 363 g/mol. The van der Waals surface area contributed by atoms with E-state index in [0.29, 0.717) is 23.9 Å². The van der Waals surface area contributed by atoms with Crippen molar-refractivity contribution in [3.05, 3.63) is 59.7 Å². The van der Waals surface area contributed by atoms with Crippen molar-refractivity contribution in [3.8, 4) is 22.9 Å². The van der Waals surface area contributed by atoms with Gasteiger partial charge in [-0.25, -0.2) is 0 Å². The lowest BCUT2D eigenvalue weighted by Gasteiger charge is -2.05. The quantitative estimate of drug-likeness (QED) is 0.571. The predicted octanol–water partition coefficient (Wildman–Crippen LogP) is 5.02. The lowest BCUT2D eigenvalue weighted by molar-refractivity contribution is 0.0953. The summed E-state index contributed by atoms with van der Waals surface area (Å²) >= 11 is 0. The van der Waals surface area contributed by atoms with Crippen molar-refractivity contribution in [1.82, 2.24) is 15.5 Å². The molecule has 27 heavy (non-hydrogen) atoms. The summed E-state index contributed by atoms with van der Waals surface area (Å²) in [5.41, 5.74) is 3.43. The second-order valence-corrected chi connectivity index (χ2v) is 6.62. The van der Waals surface area contributed by atoms with E-state index in [4.69, 9.17) is 4.42 Å². The van der Waals surface area contributed by atoms with Crippen molar-refractivity contribution in [2.45, 2.75) is 39.5 Å². The van der Waals surface area contributed by atoms with E-state index in [9.17, 15) is 4.79 Å². The van der Waals surface area contributed by atoms with Crippen LogP contribution in [-0.4, -0.2) is 22.6 Å². The molecule has 0 aliphatic rings. The first-order valence-electron chi connectivity index (χ1n) is 9.47. The highest BCUT2D eigenvalue weighted by molar-refractivity contribution is 5.94. The van der Waals surface area contributed by atoms with Crippen LogP contribution in [0.1, 0.15) is 48.5 Å². The van der Waals surface area contributed by atoms with E-state index in [1.807, 2.05) is 43.3 Å². The molecule has 0 fully saturated rings. The second kappa shape index (κ2) is 9.12. The van der Waals surface area contributed by atoms with Crippen LogP contribution in [0, 0.1) is 6.92 Å². The maximum atomic E-state index is 12.2. The number of nitrogens with one attached hydrogen (secondary N) is 1. The molecule has 0 saturated carbocycles. The Morgan fingerprint density at radius 3 is 2.44 bits per heavy atom. The highest BCUT2D eigenvalue weighted by Gasteiger charge is 2.13. The molecular formula is C22H25N3O2. The smallest absolute Gasteiger partial charge is 0.251 e. The van der Waals surface area contributed by atoms with E-state index in [1.54, 1.807) is 12.1 Å². The molecule has 0 atom stereocenters. The summed E-state index contributed by atoms with van der Waals surface area (Å²) in [6, 6.07) is 15.1. The van der Waals surface area contributed by atoms with Gasteiger partial charge in [0.25, 0.3) is 5.91 Å². The fourth-order valence-corrected chi connectivity index (χ4v) is 2.88. The molecule has 5 nitrogen and oxygen atoms in total. The number of aromatic nitrogens is 2. The Morgan fingerprint density at radius 1 is 0.963 bits per heavy atom. The Morgan fingerprint density at radius 2 is 1.70 bits per heavy atom. The number of unbranched alkanes of at least 4 members (excludes halogenated alkanes) is 3. The van der Waals surface area contributed by atoms with Gasteiger partial charge in [0.15, 0.2) is 0 Å². The van der Waals surface area contributed by atoms with Crippen LogP contribution in [0.3, 0.4) is 0 Å². The molecule has 3 aromatic rings. The Labute approximate surface area is 159 Å². The average Bonchev–Trinajstić information content (AvgIpc) is 3.18. The molecule has 0 aliphatic heterocycles. The molecule has 1 heterocycles. The Kier molecular flexibility index (Phi) is 6.36. The van der Waals surface area contributed by atoms with Gasteiger partial charge in [-0.15, -0.1) is 10.2 Å². The van der Waals surface area contributed by atoms with Gasteiger partial charge in [0.1, 0.15) is 0 Å². The summed E-state index contributed by atoms with van der Waals surface area (Å²) in [6.45, 7) is 4.90. The highest BCUT2D eigenvalue weighted by atomic mass is 16.4. The fourth-order valence-electron chi connectivity index (χ4n) is 2.88. The number of hydrogen-bond donors (Lipinski definition) is 1. The Hall–Kier alpha value is -2.95. The van der Waals surface area contributed by atoms with Crippen LogP contribution < -0.4 is 5.32 Å². The van der Waals surface area contributed by atoms with Crippen LogP contribution >= 0.6 is 0 Å². The van der Waals surface area contributed by atoms with Crippen LogP contribution in [0.15, 0.2) is 52.9 Å². The number of amides is 1. The van der Waals surface area contributed by atoms with Gasteiger partial charge in [-0.1, -0.05) is 44.4 Å². The molecule has 5 heteroatoms. The fraction of sp³-hybridized carbons (Fsp3) is 0.318. The Bertz CT molecular complexity index is 885. The van der Waals surface area contributed by atoms with Crippen LogP contribution in [0.5, 0.6) is 0 Å². The number of aryl methyl sites for hydroxylation is 1. The number of carbonyl (C=O) groups excluding carboxylic acids is 1. The minimum Gasteiger partial charge on any atom is -0.416 e. The number of rotatable bonds is 8. The molecule has 0 unspecified atom stereocenters. The number of benzene rings is 2. The van der Waals surface area contributed by atoms with E-state index in [1.165, 1.54) is 12.8 Å². The SMILES string of the molecule is CCCCCCNC(=O)c1ccc(-c2nnc(-c3ccccc3C)o2)cc1. The van der Waals surface area contributed by atoms with Gasteiger partial charge < -0.3 is 9.73 Å². The molecule has 2 aromatic carbocycles. The second-order valence-electron chi connectivity index (χ2n) is 6.62. The van der Waals surface area contributed by atoms with Gasteiger partial charge >= 0.3 is 0 Å². The summed E-state index contributed by atoms with van der Waals surface area (Å²) in [7, 11) is 0. The third kappa shape index (κ3) is 4.82. The summed E-state index contributed by atoms with van der Waals surface area (Å²) < 4.78 is 5.82. The third-order valence-corrected chi connectivity index (χ3v) is 4.51. The van der Waals surface area contributed by atoms with E-state index < -0.39 is 0 Å². The predicted molar refractivity (Wildman–Crippen MR) is 106 cm³/mol. The van der Waals surface area contributed by atoms with Crippen molar-refractivity contribution < 1.29 is 9.21 Å². The van der Waals surface area contributed by atoms with Gasteiger partial charge in [-0.2, -0.15) is 0 Å². The first kappa shape index (κ1) is 18.8. The molecule has 1 amide bonds.